The van der Waals surface area contributed by atoms with Crippen molar-refractivity contribution in [3.05, 3.63) is 33.8 Å². The zero-order valence-electron chi connectivity index (χ0n) is 8.46. The van der Waals surface area contributed by atoms with Gasteiger partial charge in [-0.15, -0.1) is 0 Å². The van der Waals surface area contributed by atoms with Crippen molar-refractivity contribution in [3.8, 4) is 0 Å². The molecular formula is C10H9BrF3NO2. The molecule has 1 atom stereocenters. The van der Waals surface area contributed by atoms with Crippen LogP contribution in [0, 0.1) is 0 Å². The summed E-state index contributed by atoms with van der Waals surface area (Å²) in [5.41, 5.74) is 4.78. The van der Waals surface area contributed by atoms with Gasteiger partial charge in [0.05, 0.1) is 12.0 Å². The van der Waals surface area contributed by atoms with Crippen LogP contribution in [0.25, 0.3) is 0 Å². The van der Waals surface area contributed by atoms with Crippen LogP contribution in [-0.2, 0) is 11.0 Å². The zero-order valence-corrected chi connectivity index (χ0v) is 10.0. The Morgan fingerprint density at radius 3 is 2.47 bits per heavy atom. The van der Waals surface area contributed by atoms with Crippen molar-refractivity contribution in [1.29, 1.82) is 0 Å². The lowest BCUT2D eigenvalue weighted by Gasteiger charge is -2.13. The van der Waals surface area contributed by atoms with Crippen molar-refractivity contribution in [1.82, 2.24) is 0 Å². The van der Waals surface area contributed by atoms with E-state index >= 15 is 0 Å². The van der Waals surface area contributed by atoms with Crippen LogP contribution in [0.15, 0.2) is 22.7 Å². The molecule has 0 saturated heterocycles. The van der Waals surface area contributed by atoms with Crippen LogP contribution in [0.1, 0.15) is 23.6 Å². The maximum Gasteiger partial charge on any atom is 0.416 e. The molecule has 0 spiro atoms. The number of hydrogen-bond donors (Lipinski definition) is 2. The Kier molecular flexibility index (Phi) is 4.16. The second kappa shape index (κ2) is 5.05. The molecule has 3 N–H and O–H groups in total. The van der Waals surface area contributed by atoms with Crippen LogP contribution in [0.5, 0.6) is 0 Å². The van der Waals surface area contributed by atoms with Gasteiger partial charge >= 0.3 is 12.1 Å². The summed E-state index contributed by atoms with van der Waals surface area (Å²) in [6.07, 6.45) is -4.91. The van der Waals surface area contributed by atoms with E-state index in [2.05, 4.69) is 15.9 Å². The Labute approximate surface area is 104 Å². The van der Waals surface area contributed by atoms with Crippen LogP contribution in [-0.4, -0.2) is 11.1 Å². The maximum atomic E-state index is 12.5. The second-order valence-electron chi connectivity index (χ2n) is 3.48. The van der Waals surface area contributed by atoms with Crippen molar-refractivity contribution >= 4 is 21.9 Å². The summed E-state index contributed by atoms with van der Waals surface area (Å²) >= 11 is 2.94. The molecule has 17 heavy (non-hydrogen) atoms. The number of halogens is 4. The fraction of sp³-hybridized carbons (Fsp3) is 0.300. The highest BCUT2D eigenvalue weighted by molar-refractivity contribution is 9.10. The van der Waals surface area contributed by atoms with Gasteiger partial charge in [-0.1, -0.05) is 15.9 Å². The minimum atomic E-state index is -4.48. The van der Waals surface area contributed by atoms with Gasteiger partial charge in [-0.05, 0) is 23.8 Å². The van der Waals surface area contributed by atoms with Crippen molar-refractivity contribution in [2.24, 2.45) is 5.73 Å². The highest BCUT2D eigenvalue weighted by Crippen LogP contribution is 2.33. The lowest BCUT2D eigenvalue weighted by molar-refractivity contribution is -0.138. The summed E-state index contributed by atoms with van der Waals surface area (Å²) in [6.45, 7) is 0. The van der Waals surface area contributed by atoms with Crippen LogP contribution in [0.3, 0.4) is 0 Å². The third kappa shape index (κ3) is 4.01. The standard InChI is InChI=1S/C10H9BrF3NO2/c11-7-2-5(8(15)4-9(16)17)1-6(3-7)10(12,13)14/h1-3,8H,4,15H2,(H,16,17)/t8-/m0/s1. The lowest BCUT2D eigenvalue weighted by atomic mass is 10.0. The van der Waals surface area contributed by atoms with Crippen molar-refractivity contribution in [3.63, 3.8) is 0 Å². The molecule has 0 heterocycles. The molecule has 0 aromatic heterocycles. The van der Waals surface area contributed by atoms with Gasteiger partial charge in [-0.25, -0.2) is 0 Å². The molecule has 1 rings (SSSR count). The topological polar surface area (TPSA) is 63.3 Å². The number of nitrogens with two attached hydrogens (primary N) is 1. The molecular weight excluding hydrogens is 303 g/mol. The number of benzene rings is 1. The summed E-state index contributed by atoms with van der Waals surface area (Å²) in [7, 11) is 0. The fourth-order valence-electron chi connectivity index (χ4n) is 1.30. The Bertz CT molecular complexity index is 434. The molecule has 0 fully saturated rings. The van der Waals surface area contributed by atoms with Crippen molar-refractivity contribution < 1.29 is 23.1 Å². The van der Waals surface area contributed by atoms with Gasteiger partial charge in [0.25, 0.3) is 0 Å². The quantitative estimate of drug-likeness (QED) is 0.902. The van der Waals surface area contributed by atoms with Crippen molar-refractivity contribution in [2.45, 2.75) is 18.6 Å². The zero-order chi connectivity index (χ0) is 13.2. The predicted octanol–water partition coefficient (Wildman–Crippen LogP) is 2.94. The average molecular weight is 312 g/mol. The molecule has 94 valence electrons. The number of alkyl halides is 3. The van der Waals surface area contributed by atoms with E-state index in [4.69, 9.17) is 10.8 Å². The van der Waals surface area contributed by atoms with Gasteiger partial charge in [-0.2, -0.15) is 13.2 Å². The molecule has 0 amide bonds. The van der Waals surface area contributed by atoms with E-state index < -0.39 is 30.2 Å². The molecule has 0 aliphatic heterocycles. The van der Waals surface area contributed by atoms with E-state index in [-0.39, 0.29) is 10.0 Å². The Hall–Kier alpha value is -1.08. The summed E-state index contributed by atoms with van der Waals surface area (Å²) in [5, 5.41) is 8.53. The van der Waals surface area contributed by atoms with E-state index in [9.17, 15) is 18.0 Å². The first-order valence-corrected chi connectivity index (χ1v) is 5.34. The maximum absolute atomic E-state index is 12.5. The SMILES string of the molecule is N[C@@H](CC(=O)O)c1cc(Br)cc(C(F)(F)F)c1. The molecule has 0 bridgehead atoms. The summed E-state index contributed by atoms with van der Waals surface area (Å²) < 4.78 is 37.7. The Morgan fingerprint density at radius 2 is 2.00 bits per heavy atom. The normalized spacial score (nSPS) is 13.5. The van der Waals surface area contributed by atoms with Crippen LogP contribution in [0.2, 0.25) is 0 Å². The van der Waals surface area contributed by atoms with E-state index in [1.807, 2.05) is 0 Å². The second-order valence-corrected chi connectivity index (χ2v) is 4.39. The molecule has 3 nitrogen and oxygen atoms in total. The number of hydrogen-bond acceptors (Lipinski definition) is 2. The summed E-state index contributed by atoms with van der Waals surface area (Å²) in [4.78, 5) is 10.4. The largest absolute Gasteiger partial charge is 0.481 e. The van der Waals surface area contributed by atoms with E-state index in [1.165, 1.54) is 6.07 Å². The van der Waals surface area contributed by atoms with Gasteiger partial charge < -0.3 is 10.8 Å². The number of aliphatic carboxylic acids is 1. The van der Waals surface area contributed by atoms with Gasteiger partial charge in [0, 0.05) is 10.5 Å². The minimum Gasteiger partial charge on any atom is -0.481 e. The first kappa shape index (κ1) is 14.0. The predicted molar refractivity (Wildman–Crippen MR) is 58.3 cm³/mol. The first-order valence-electron chi connectivity index (χ1n) is 4.55. The van der Waals surface area contributed by atoms with Gasteiger partial charge in [0.1, 0.15) is 0 Å². The van der Waals surface area contributed by atoms with E-state index in [1.54, 1.807) is 0 Å². The summed E-state index contributed by atoms with van der Waals surface area (Å²) in [5.74, 6) is -1.16. The third-order valence-corrected chi connectivity index (χ3v) is 2.53. The number of carboxylic acid groups (broad SMARTS) is 1. The molecule has 0 aliphatic carbocycles. The fourth-order valence-corrected chi connectivity index (χ4v) is 1.81. The summed E-state index contributed by atoms with van der Waals surface area (Å²) in [6, 6.07) is 2.18. The van der Waals surface area contributed by atoms with Crippen LogP contribution < -0.4 is 5.73 Å². The smallest absolute Gasteiger partial charge is 0.416 e. The first-order chi connectivity index (χ1) is 7.70. The molecule has 0 radical (unpaired) electrons. The molecule has 7 heteroatoms. The highest BCUT2D eigenvalue weighted by Gasteiger charge is 2.31. The van der Waals surface area contributed by atoms with Gasteiger partial charge in [0.2, 0.25) is 0 Å². The minimum absolute atomic E-state index is 0.133. The molecule has 0 aliphatic rings. The molecule has 1 aromatic rings. The van der Waals surface area contributed by atoms with E-state index in [0.29, 0.717) is 0 Å². The number of rotatable bonds is 3. The lowest BCUT2D eigenvalue weighted by Crippen LogP contribution is -2.16. The van der Waals surface area contributed by atoms with E-state index in [0.717, 1.165) is 12.1 Å². The van der Waals surface area contributed by atoms with Crippen LogP contribution >= 0.6 is 15.9 Å². The van der Waals surface area contributed by atoms with Crippen LogP contribution in [0.4, 0.5) is 13.2 Å². The Morgan fingerprint density at radius 1 is 1.41 bits per heavy atom. The average Bonchev–Trinajstić information content (AvgIpc) is 2.14. The molecule has 1 aromatic carbocycles. The van der Waals surface area contributed by atoms with Crippen molar-refractivity contribution in [2.75, 3.05) is 0 Å². The molecule has 0 unspecified atom stereocenters. The third-order valence-electron chi connectivity index (χ3n) is 2.07. The monoisotopic (exact) mass is 311 g/mol. The highest BCUT2D eigenvalue weighted by atomic mass is 79.9. The molecule has 0 saturated carbocycles. The van der Waals surface area contributed by atoms with Gasteiger partial charge in [0.15, 0.2) is 0 Å². The number of carboxylic acids is 1. The Balaban J connectivity index is 3.09. The number of carbonyl (C=O) groups is 1. The van der Waals surface area contributed by atoms with Gasteiger partial charge in [-0.3, -0.25) is 4.79 Å².